The molecule has 0 aromatic heterocycles. The molecule has 0 saturated heterocycles. The van der Waals surface area contributed by atoms with Crippen molar-refractivity contribution >= 4 is 29.5 Å². The first-order valence-electron chi connectivity index (χ1n) is 12.2. The van der Waals surface area contributed by atoms with Crippen LogP contribution in [0.4, 0.5) is 11.4 Å². The first-order valence-corrected chi connectivity index (χ1v) is 12.2. The number of aliphatic hydroxyl groups excluding tert-OH is 1. The molecule has 7 nitrogen and oxygen atoms in total. The number of rotatable bonds is 9. The lowest BCUT2D eigenvalue weighted by Crippen LogP contribution is -2.34. The number of carbonyl (C=O) groups is 2. The van der Waals surface area contributed by atoms with Crippen molar-refractivity contribution in [2.75, 3.05) is 11.5 Å². The van der Waals surface area contributed by atoms with E-state index in [0.717, 1.165) is 19.1 Å². The number of aliphatic hydroxyl groups is 1. The molecule has 0 heterocycles. The Hall–Kier alpha value is -3.45. The van der Waals surface area contributed by atoms with Crippen LogP contribution in [0, 0.1) is 0 Å². The maximum atomic E-state index is 13.3. The van der Waals surface area contributed by atoms with Crippen molar-refractivity contribution in [3.05, 3.63) is 71.8 Å². The van der Waals surface area contributed by atoms with Crippen LogP contribution in [0.1, 0.15) is 75.4 Å². The molecule has 2 aromatic carbocycles. The van der Waals surface area contributed by atoms with Gasteiger partial charge >= 0.3 is 5.97 Å². The monoisotopic (exact) mass is 492 g/mol. The van der Waals surface area contributed by atoms with Gasteiger partial charge in [0.2, 0.25) is 6.29 Å². The summed E-state index contributed by atoms with van der Waals surface area (Å²) in [6, 6.07) is 12.7. The molecule has 7 heteroatoms. The minimum absolute atomic E-state index is 0.0389. The summed E-state index contributed by atoms with van der Waals surface area (Å²) in [6.07, 6.45) is 3.92. The van der Waals surface area contributed by atoms with E-state index in [0.29, 0.717) is 23.4 Å². The van der Waals surface area contributed by atoms with Crippen LogP contribution in [-0.2, 0) is 25.2 Å². The van der Waals surface area contributed by atoms with Gasteiger partial charge in [-0.1, -0.05) is 58.5 Å². The van der Waals surface area contributed by atoms with Crippen LogP contribution in [0.15, 0.2) is 60.3 Å². The highest BCUT2D eigenvalue weighted by molar-refractivity contribution is 6.34. The van der Waals surface area contributed by atoms with E-state index in [1.165, 1.54) is 22.1 Å². The van der Waals surface area contributed by atoms with E-state index in [9.17, 15) is 14.7 Å². The molecular formula is C29H36N2O5. The third-order valence-corrected chi connectivity index (χ3v) is 6.70. The number of ether oxygens (including phenoxy) is 1. The molecule has 1 N–H and O–H groups in total. The number of amides is 1. The first kappa shape index (κ1) is 27.1. The number of fused-ring (bicyclic) bond motifs is 1. The van der Waals surface area contributed by atoms with Gasteiger partial charge in [-0.05, 0) is 71.2 Å². The number of anilines is 2. The van der Waals surface area contributed by atoms with Crippen LogP contribution < -0.4 is 4.90 Å². The van der Waals surface area contributed by atoms with E-state index >= 15 is 0 Å². The molecule has 0 spiro atoms. The maximum absolute atomic E-state index is 13.3. The first-order chi connectivity index (χ1) is 17.0. The Morgan fingerprint density at radius 1 is 1.06 bits per heavy atom. The lowest BCUT2D eigenvalue weighted by Gasteiger charge is -2.42. The molecule has 0 aliphatic heterocycles. The van der Waals surface area contributed by atoms with Crippen molar-refractivity contribution in [1.82, 2.24) is 0 Å². The van der Waals surface area contributed by atoms with Gasteiger partial charge in [0.15, 0.2) is 0 Å². The van der Waals surface area contributed by atoms with E-state index in [-0.39, 0.29) is 17.4 Å². The highest BCUT2D eigenvalue weighted by Gasteiger charge is 2.37. The number of oxime groups is 1. The summed E-state index contributed by atoms with van der Waals surface area (Å²) >= 11 is 0. The minimum Gasteiger partial charge on any atom is -0.458 e. The van der Waals surface area contributed by atoms with Gasteiger partial charge in [-0.2, -0.15) is 0 Å². The molecule has 0 saturated carbocycles. The van der Waals surface area contributed by atoms with Crippen LogP contribution in [0.25, 0.3) is 0 Å². The molecule has 1 aliphatic rings. The van der Waals surface area contributed by atoms with E-state index in [4.69, 9.17) is 9.57 Å². The molecule has 1 unspecified atom stereocenters. The molecule has 2 aromatic rings. The van der Waals surface area contributed by atoms with Gasteiger partial charge < -0.3 is 14.7 Å². The number of benzene rings is 2. The Morgan fingerprint density at radius 2 is 1.67 bits per heavy atom. The third kappa shape index (κ3) is 6.02. The summed E-state index contributed by atoms with van der Waals surface area (Å²) in [6.45, 7) is 14.3. The SMILES string of the molecule is C=CCOC(=O)c1ccc(N(C(=O)C=NOC(O)CC)c2ccc3c(c2)C(C)(C)CCC3(C)C)cc1. The fourth-order valence-electron chi connectivity index (χ4n) is 4.36. The van der Waals surface area contributed by atoms with Gasteiger partial charge in [-0.25, -0.2) is 4.79 Å². The molecule has 3 rings (SSSR count). The Bertz CT molecular complexity index is 1130. The summed E-state index contributed by atoms with van der Waals surface area (Å²) in [5.41, 5.74) is 4.06. The van der Waals surface area contributed by atoms with Crippen molar-refractivity contribution in [1.29, 1.82) is 0 Å². The number of hydrogen-bond acceptors (Lipinski definition) is 6. The van der Waals surface area contributed by atoms with Crippen LogP contribution in [0.3, 0.4) is 0 Å². The average Bonchev–Trinajstić information content (AvgIpc) is 2.86. The highest BCUT2D eigenvalue weighted by Crippen LogP contribution is 2.47. The molecule has 0 bridgehead atoms. The molecule has 0 radical (unpaired) electrons. The summed E-state index contributed by atoms with van der Waals surface area (Å²) in [5.74, 6) is -0.922. The summed E-state index contributed by atoms with van der Waals surface area (Å²) in [4.78, 5) is 32.0. The fraction of sp³-hybridized carbons (Fsp3) is 0.414. The topological polar surface area (TPSA) is 88.4 Å². The van der Waals surface area contributed by atoms with E-state index < -0.39 is 18.2 Å². The quantitative estimate of drug-likeness (QED) is 0.158. The van der Waals surface area contributed by atoms with Gasteiger partial charge in [-0.3, -0.25) is 9.69 Å². The number of hydrogen-bond donors (Lipinski definition) is 1. The predicted octanol–water partition coefficient (Wildman–Crippen LogP) is 5.77. The number of carbonyl (C=O) groups excluding carboxylic acids is 2. The standard InChI is InChI=1S/C29H36N2O5/c1-7-17-35-27(34)20-9-11-21(12-10-20)31(25(32)19-30-36-26(33)8-2)22-13-14-23-24(18-22)29(5,6)16-15-28(23,3)4/h7,9-14,18-19,26,33H,1,8,15-17H2,2-6H3. The van der Waals surface area contributed by atoms with E-state index in [1.807, 2.05) is 6.07 Å². The van der Waals surface area contributed by atoms with Crippen LogP contribution in [0.5, 0.6) is 0 Å². The summed E-state index contributed by atoms with van der Waals surface area (Å²) in [7, 11) is 0. The van der Waals surface area contributed by atoms with Gasteiger partial charge in [0, 0.05) is 17.8 Å². The van der Waals surface area contributed by atoms with Gasteiger partial charge in [0.25, 0.3) is 5.91 Å². The molecule has 1 aliphatic carbocycles. The average molecular weight is 493 g/mol. The van der Waals surface area contributed by atoms with E-state index in [2.05, 4.69) is 51.6 Å². The predicted molar refractivity (Wildman–Crippen MR) is 142 cm³/mol. The zero-order valence-corrected chi connectivity index (χ0v) is 21.8. The Kier molecular flexibility index (Phi) is 8.35. The normalized spacial score (nSPS) is 16.6. The van der Waals surface area contributed by atoms with Crippen LogP contribution in [0.2, 0.25) is 0 Å². The lowest BCUT2D eigenvalue weighted by molar-refractivity contribution is -0.113. The van der Waals surface area contributed by atoms with Crippen molar-refractivity contribution < 1.29 is 24.3 Å². The molecule has 1 amide bonds. The van der Waals surface area contributed by atoms with Crippen LogP contribution in [-0.4, -0.2) is 36.1 Å². The molecule has 192 valence electrons. The Balaban J connectivity index is 2.03. The zero-order valence-electron chi connectivity index (χ0n) is 21.8. The second-order valence-electron chi connectivity index (χ2n) is 10.3. The third-order valence-electron chi connectivity index (χ3n) is 6.70. The fourth-order valence-corrected chi connectivity index (χ4v) is 4.36. The zero-order chi connectivity index (χ0) is 26.5. The van der Waals surface area contributed by atoms with Crippen LogP contribution >= 0.6 is 0 Å². The largest absolute Gasteiger partial charge is 0.458 e. The molecule has 36 heavy (non-hydrogen) atoms. The van der Waals surface area contributed by atoms with Crippen molar-refractivity contribution in [2.24, 2.45) is 5.16 Å². The van der Waals surface area contributed by atoms with Gasteiger partial charge in [-0.15, -0.1) is 0 Å². The van der Waals surface area contributed by atoms with Crippen molar-refractivity contribution in [2.45, 2.75) is 71.0 Å². The smallest absolute Gasteiger partial charge is 0.338 e. The summed E-state index contributed by atoms with van der Waals surface area (Å²) in [5, 5.41) is 13.3. The molecule has 1 atom stereocenters. The second kappa shape index (κ2) is 11.1. The number of nitrogens with zero attached hydrogens (tertiary/aromatic N) is 2. The van der Waals surface area contributed by atoms with E-state index in [1.54, 1.807) is 31.2 Å². The van der Waals surface area contributed by atoms with Crippen molar-refractivity contribution in [3.63, 3.8) is 0 Å². The second-order valence-corrected chi connectivity index (χ2v) is 10.3. The summed E-state index contributed by atoms with van der Waals surface area (Å²) < 4.78 is 5.10. The minimum atomic E-state index is -1.09. The van der Waals surface area contributed by atoms with Gasteiger partial charge in [0.1, 0.15) is 12.8 Å². The van der Waals surface area contributed by atoms with Crippen molar-refractivity contribution in [3.8, 4) is 0 Å². The Morgan fingerprint density at radius 3 is 2.28 bits per heavy atom. The highest BCUT2D eigenvalue weighted by atomic mass is 16.7. The van der Waals surface area contributed by atoms with Gasteiger partial charge in [0.05, 0.1) is 5.56 Å². The number of esters is 1. The Labute approximate surface area is 213 Å². The molecular weight excluding hydrogens is 456 g/mol. The lowest BCUT2D eigenvalue weighted by atomic mass is 9.63. The molecule has 0 fully saturated rings. The maximum Gasteiger partial charge on any atom is 0.338 e.